The van der Waals surface area contributed by atoms with Gasteiger partial charge < -0.3 is 10.6 Å². The zero-order valence-corrected chi connectivity index (χ0v) is 10.8. The van der Waals surface area contributed by atoms with Crippen LogP contribution in [0, 0.1) is 16.0 Å². The topological polar surface area (TPSA) is 85.0 Å². The van der Waals surface area contributed by atoms with E-state index in [1.165, 1.54) is 0 Å². The van der Waals surface area contributed by atoms with Gasteiger partial charge in [-0.3, -0.25) is 10.1 Å². The minimum atomic E-state index is -0.346. The molecule has 1 saturated heterocycles. The summed E-state index contributed by atoms with van der Waals surface area (Å²) >= 11 is 0. The monoisotopic (exact) mass is 253 g/mol. The molecule has 7 nitrogen and oxygen atoms in total. The minimum absolute atomic E-state index is 0.117. The van der Waals surface area contributed by atoms with Gasteiger partial charge in [-0.2, -0.15) is 5.10 Å². The van der Waals surface area contributed by atoms with Crippen molar-refractivity contribution < 1.29 is 4.92 Å². The molecular weight excluding hydrogens is 234 g/mol. The molecule has 0 bridgehead atoms. The highest BCUT2D eigenvalue weighted by Crippen LogP contribution is 2.28. The third-order valence-electron chi connectivity index (χ3n) is 3.33. The number of hydrogen-bond donors (Lipinski definition) is 2. The number of nitro groups is 1. The average Bonchev–Trinajstić information content (AvgIpc) is 2.93. The lowest BCUT2D eigenvalue weighted by molar-refractivity contribution is -0.384. The number of rotatable bonds is 5. The van der Waals surface area contributed by atoms with Gasteiger partial charge in [0.1, 0.15) is 5.69 Å². The Morgan fingerprint density at radius 3 is 3.00 bits per heavy atom. The molecule has 7 heteroatoms. The molecule has 18 heavy (non-hydrogen) atoms. The summed E-state index contributed by atoms with van der Waals surface area (Å²) in [5, 5.41) is 21.8. The number of aryl methyl sites for hydroxylation is 2. The highest BCUT2D eigenvalue weighted by Gasteiger charge is 2.26. The summed E-state index contributed by atoms with van der Waals surface area (Å²) in [5.41, 5.74) is 0.653. The number of nitrogens with zero attached hydrogens (tertiary/aromatic N) is 3. The molecule has 0 saturated carbocycles. The van der Waals surface area contributed by atoms with E-state index in [2.05, 4.69) is 15.7 Å². The first-order valence-corrected chi connectivity index (χ1v) is 6.28. The third-order valence-corrected chi connectivity index (χ3v) is 3.33. The van der Waals surface area contributed by atoms with Crippen LogP contribution in [0.4, 0.5) is 11.5 Å². The SMILES string of the molecule is CCc1nn(C)c(NCC2CCNC2)c1[N+](=O)[O-]. The van der Waals surface area contributed by atoms with Crippen LogP contribution in [-0.4, -0.2) is 34.3 Å². The second kappa shape index (κ2) is 5.34. The van der Waals surface area contributed by atoms with Crippen LogP contribution in [0.25, 0.3) is 0 Å². The maximum Gasteiger partial charge on any atom is 0.333 e. The minimum Gasteiger partial charge on any atom is -0.364 e. The molecule has 100 valence electrons. The van der Waals surface area contributed by atoms with Gasteiger partial charge in [0.15, 0.2) is 0 Å². The van der Waals surface area contributed by atoms with Crippen LogP contribution in [0.5, 0.6) is 0 Å². The van der Waals surface area contributed by atoms with Gasteiger partial charge in [0.05, 0.1) is 4.92 Å². The summed E-state index contributed by atoms with van der Waals surface area (Å²) in [6.45, 7) is 4.62. The molecule has 0 radical (unpaired) electrons. The van der Waals surface area contributed by atoms with Crippen molar-refractivity contribution in [2.75, 3.05) is 25.0 Å². The Hall–Kier alpha value is -1.63. The predicted octanol–water partition coefficient (Wildman–Crippen LogP) is 0.912. The van der Waals surface area contributed by atoms with Gasteiger partial charge in [-0.25, -0.2) is 4.68 Å². The van der Waals surface area contributed by atoms with Crippen molar-refractivity contribution >= 4 is 11.5 Å². The molecule has 1 aromatic heterocycles. The molecule has 1 aliphatic heterocycles. The van der Waals surface area contributed by atoms with Crippen molar-refractivity contribution in [2.24, 2.45) is 13.0 Å². The highest BCUT2D eigenvalue weighted by molar-refractivity contribution is 5.59. The van der Waals surface area contributed by atoms with Crippen LogP contribution in [-0.2, 0) is 13.5 Å². The summed E-state index contributed by atoms with van der Waals surface area (Å²) in [5.74, 6) is 1.05. The molecule has 2 rings (SSSR count). The van der Waals surface area contributed by atoms with E-state index in [1.54, 1.807) is 11.7 Å². The van der Waals surface area contributed by atoms with Crippen molar-refractivity contribution in [2.45, 2.75) is 19.8 Å². The summed E-state index contributed by atoms with van der Waals surface area (Å²) < 4.78 is 1.57. The number of anilines is 1. The molecule has 1 aromatic rings. The quantitative estimate of drug-likeness (QED) is 0.602. The van der Waals surface area contributed by atoms with Gasteiger partial charge in [-0.05, 0) is 31.8 Å². The first kappa shape index (κ1) is 12.8. The second-order valence-electron chi connectivity index (χ2n) is 4.62. The van der Waals surface area contributed by atoms with Crippen LogP contribution in [0.3, 0.4) is 0 Å². The van der Waals surface area contributed by atoms with E-state index >= 15 is 0 Å². The van der Waals surface area contributed by atoms with E-state index < -0.39 is 0 Å². The molecule has 2 N–H and O–H groups in total. The summed E-state index contributed by atoms with van der Waals surface area (Å²) in [6.07, 6.45) is 1.68. The van der Waals surface area contributed by atoms with Crippen LogP contribution in [0.15, 0.2) is 0 Å². The smallest absolute Gasteiger partial charge is 0.333 e. The van der Waals surface area contributed by atoms with Crippen molar-refractivity contribution in [3.63, 3.8) is 0 Å². The Labute approximate surface area is 106 Å². The Balaban J connectivity index is 2.14. The molecular formula is C11H19N5O2. The van der Waals surface area contributed by atoms with E-state index in [4.69, 9.17) is 0 Å². The van der Waals surface area contributed by atoms with Crippen molar-refractivity contribution in [3.05, 3.63) is 15.8 Å². The number of nitrogens with one attached hydrogen (secondary N) is 2. The summed E-state index contributed by atoms with van der Waals surface area (Å²) in [6, 6.07) is 0. The largest absolute Gasteiger partial charge is 0.364 e. The first-order valence-electron chi connectivity index (χ1n) is 6.28. The lowest BCUT2D eigenvalue weighted by Crippen LogP contribution is -2.18. The van der Waals surface area contributed by atoms with Crippen LogP contribution < -0.4 is 10.6 Å². The Morgan fingerprint density at radius 1 is 1.67 bits per heavy atom. The Kier molecular flexibility index (Phi) is 3.81. The van der Waals surface area contributed by atoms with Crippen molar-refractivity contribution in [1.82, 2.24) is 15.1 Å². The lowest BCUT2D eigenvalue weighted by atomic mass is 10.1. The molecule has 0 aliphatic carbocycles. The van der Waals surface area contributed by atoms with Crippen LogP contribution in [0.1, 0.15) is 19.0 Å². The van der Waals surface area contributed by atoms with Gasteiger partial charge in [-0.15, -0.1) is 0 Å². The van der Waals surface area contributed by atoms with Crippen molar-refractivity contribution in [1.29, 1.82) is 0 Å². The van der Waals surface area contributed by atoms with Crippen molar-refractivity contribution in [3.8, 4) is 0 Å². The van der Waals surface area contributed by atoms with Crippen LogP contribution in [0.2, 0.25) is 0 Å². The molecule has 2 heterocycles. The summed E-state index contributed by atoms with van der Waals surface area (Å²) in [7, 11) is 1.74. The third kappa shape index (κ3) is 2.45. The zero-order valence-electron chi connectivity index (χ0n) is 10.8. The lowest BCUT2D eigenvalue weighted by Gasteiger charge is -2.10. The summed E-state index contributed by atoms with van der Waals surface area (Å²) in [4.78, 5) is 10.8. The van der Waals surface area contributed by atoms with Gasteiger partial charge in [0, 0.05) is 13.6 Å². The Morgan fingerprint density at radius 2 is 2.44 bits per heavy atom. The first-order chi connectivity index (χ1) is 8.63. The van der Waals surface area contributed by atoms with Crippen LogP contribution >= 0.6 is 0 Å². The van der Waals surface area contributed by atoms with Gasteiger partial charge >= 0.3 is 5.69 Å². The fraction of sp³-hybridized carbons (Fsp3) is 0.727. The van der Waals surface area contributed by atoms with E-state index in [1.807, 2.05) is 6.92 Å². The predicted molar refractivity (Wildman–Crippen MR) is 68.7 cm³/mol. The normalized spacial score (nSPS) is 19.1. The molecule has 1 aliphatic rings. The van der Waals surface area contributed by atoms with E-state index in [9.17, 15) is 10.1 Å². The zero-order chi connectivity index (χ0) is 13.1. The standard InChI is InChI=1S/C11H19N5O2/c1-3-9-10(16(17)18)11(15(2)14-9)13-7-8-4-5-12-6-8/h8,12-13H,3-7H2,1-2H3. The van der Waals surface area contributed by atoms with Gasteiger partial charge in [0.25, 0.3) is 0 Å². The second-order valence-corrected chi connectivity index (χ2v) is 4.62. The highest BCUT2D eigenvalue weighted by atomic mass is 16.6. The maximum atomic E-state index is 11.1. The van der Waals surface area contributed by atoms with Gasteiger partial charge in [-0.1, -0.05) is 6.92 Å². The molecule has 0 amide bonds. The molecule has 0 spiro atoms. The number of hydrogen-bond acceptors (Lipinski definition) is 5. The Bertz CT molecular complexity index is 437. The molecule has 1 atom stereocenters. The molecule has 1 fully saturated rings. The molecule has 1 unspecified atom stereocenters. The number of aromatic nitrogens is 2. The fourth-order valence-corrected chi connectivity index (χ4v) is 2.33. The van der Waals surface area contributed by atoms with Gasteiger partial charge in [0.2, 0.25) is 5.82 Å². The average molecular weight is 253 g/mol. The van der Waals surface area contributed by atoms with E-state index in [0.29, 0.717) is 23.9 Å². The maximum absolute atomic E-state index is 11.1. The van der Waals surface area contributed by atoms with E-state index in [0.717, 1.165) is 26.1 Å². The fourth-order valence-electron chi connectivity index (χ4n) is 2.33. The van der Waals surface area contributed by atoms with E-state index in [-0.39, 0.29) is 10.6 Å². The molecule has 0 aromatic carbocycles.